The van der Waals surface area contributed by atoms with Crippen LogP contribution in [0.1, 0.15) is 45.1 Å². The first-order chi connectivity index (χ1) is 10.5. The number of carbonyl (C=O) groups excluding carboxylic acids is 1. The second-order valence-corrected chi connectivity index (χ2v) is 5.18. The topological polar surface area (TPSA) is 103 Å². The molecule has 0 aliphatic rings. The lowest BCUT2D eigenvalue weighted by atomic mass is 10.0. The zero-order valence-electron chi connectivity index (χ0n) is 13.2. The van der Waals surface area contributed by atoms with Gasteiger partial charge in [0.25, 0.3) is 0 Å². The molecule has 1 aromatic carbocycles. The molecule has 1 aromatic rings. The van der Waals surface area contributed by atoms with Crippen LogP contribution in [0.5, 0.6) is 0 Å². The van der Waals surface area contributed by atoms with Crippen molar-refractivity contribution >= 4 is 17.6 Å². The van der Waals surface area contributed by atoms with E-state index in [9.17, 15) is 4.79 Å². The van der Waals surface area contributed by atoms with Crippen molar-refractivity contribution in [3.8, 4) is 0 Å². The minimum absolute atomic E-state index is 0.0733. The number of hydrogen-bond acceptors (Lipinski definition) is 4. The quantitative estimate of drug-likeness (QED) is 0.252. The van der Waals surface area contributed by atoms with Crippen molar-refractivity contribution in [3.05, 3.63) is 35.9 Å². The van der Waals surface area contributed by atoms with Gasteiger partial charge >= 0.3 is 5.97 Å². The van der Waals surface area contributed by atoms with Crippen LogP contribution in [0.4, 0.5) is 0 Å². The third-order valence-corrected chi connectivity index (χ3v) is 2.80. The van der Waals surface area contributed by atoms with Gasteiger partial charge in [-0.2, -0.15) is 5.10 Å². The van der Waals surface area contributed by atoms with Gasteiger partial charge in [0, 0.05) is 6.42 Å². The maximum absolute atomic E-state index is 11.5. The van der Waals surface area contributed by atoms with E-state index < -0.39 is 0 Å². The van der Waals surface area contributed by atoms with Crippen LogP contribution in [-0.4, -0.2) is 23.7 Å². The van der Waals surface area contributed by atoms with E-state index in [-0.39, 0.29) is 18.0 Å². The molecule has 1 rings (SSSR count). The molecule has 0 heterocycles. The minimum atomic E-state index is -0.169. The molecule has 0 spiro atoms. The highest BCUT2D eigenvalue weighted by atomic mass is 16.5. The average molecular weight is 304 g/mol. The number of esters is 1. The van der Waals surface area contributed by atoms with Gasteiger partial charge < -0.3 is 16.2 Å². The lowest BCUT2D eigenvalue weighted by Gasteiger charge is -2.08. The Labute approximate surface area is 131 Å². The summed E-state index contributed by atoms with van der Waals surface area (Å²) in [4.78, 5) is 11.5. The molecule has 0 aromatic heterocycles. The van der Waals surface area contributed by atoms with Crippen LogP contribution in [0, 0.1) is 0 Å². The van der Waals surface area contributed by atoms with Crippen molar-refractivity contribution in [2.24, 2.45) is 21.7 Å². The highest BCUT2D eigenvalue weighted by Gasteiger charge is 2.07. The summed E-state index contributed by atoms with van der Waals surface area (Å²) in [6.07, 6.45) is 2.56. The Morgan fingerprint density at radius 1 is 1.09 bits per heavy atom. The van der Waals surface area contributed by atoms with E-state index >= 15 is 0 Å². The first-order valence-corrected chi connectivity index (χ1v) is 7.39. The summed E-state index contributed by atoms with van der Waals surface area (Å²) in [5.74, 6) is -0.244. The molecule has 22 heavy (non-hydrogen) atoms. The molecular weight excluding hydrogens is 280 g/mol. The van der Waals surface area contributed by atoms with Crippen LogP contribution in [0.2, 0.25) is 0 Å². The Morgan fingerprint density at radius 2 is 1.73 bits per heavy atom. The van der Waals surface area contributed by atoms with Gasteiger partial charge in [0.15, 0.2) is 0 Å². The number of unbranched alkanes of at least 4 members (excludes halogenated alkanes) is 1. The maximum atomic E-state index is 11.5. The van der Waals surface area contributed by atoms with E-state index in [1.807, 2.05) is 44.2 Å². The van der Waals surface area contributed by atoms with E-state index in [2.05, 4.69) is 10.2 Å². The minimum Gasteiger partial charge on any atom is -0.463 e. The Balaban J connectivity index is 2.55. The van der Waals surface area contributed by atoms with E-state index in [0.717, 1.165) is 24.1 Å². The van der Waals surface area contributed by atoms with Crippen molar-refractivity contribution in [1.82, 2.24) is 0 Å². The molecule has 6 nitrogen and oxygen atoms in total. The summed E-state index contributed by atoms with van der Waals surface area (Å²) >= 11 is 0. The zero-order valence-corrected chi connectivity index (χ0v) is 13.2. The summed E-state index contributed by atoms with van der Waals surface area (Å²) in [5, 5.41) is 7.82. The number of ether oxygens (including phenoxy) is 1. The Kier molecular flexibility index (Phi) is 7.67. The highest BCUT2D eigenvalue weighted by Crippen LogP contribution is 2.10. The van der Waals surface area contributed by atoms with Crippen LogP contribution in [0.3, 0.4) is 0 Å². The summed E-state index contributed by atoms with van der Waals surface area (Å²) in [5.41, 5.74) is 12.4. The summed E-state index contributed by atoms with van der Waals surface area (Å²) in [6.45, 7) is 3.68. The largest absolute Gasteiger partial charge is 0.463 e. The number of rotatable bonds is 8. The Hall–Kier alpha value is -2.37. The molecule has 0 aliphatic heterocycles. The number of benzene rings is 1. The van der Waals surface area contributed by atoms with Crippen LogP contribution >= 0.6 is 0 Å². The van der Waals surface area contributed by atoms with E-state index in [4.69, 9.17) is 16.2 Å². The SMILES string of the molecule is CC(C)OC(=O)CCCC/C(=N/N=C(N)N)c1ccccc1. The zero-order chi connectivity index (χ0) is 16.4. The summed E-state index contributed by atoms with van der Waals surface area (Å²) < 4.78 is 5.10. The first kappa shape index (κ1) is 17.7. The van der Waals surface area contributed by atoms with Gasteiger partial charge in [-0.25, -0.2) is 0 Å². The number of guanidine groups is 1. The van der Waals surface area contributed by atoms with Gasteiger partial charge in [0.1, 0.15) is 0 Å². The average Bonchev–Trinajstić information content (AvgIpc) is 2.46. The van der Waals surface area contributed by atoms with Crippen LogP contribution < -0.4 is 11.5 Å². The molecule has 0 amide bonds. The van der Waals surface area contributed by atoms with E-state index in [1.54, 1.807) is 0 Å². The molecule has 0 unspecified atom stereocenters. The third kappa shape index (κ3) is 7.42. The van der Waals surface area contributed by atoms with Crippen molar-refractivity contribution < 1.29 is 9.53 Å². The van der Waals surface area contributed by atoms with Crippen LogP contribution in [0.25, 0.3) is 0 Å². The molecule has 0 fully saturated rings. The normalized spacial score (nSPS) is 11.3. The van der Waals surface area contributed by atoms with Crippen molar-refractivity contribution in [1.29, 1.82) is 0 Å². The fraction of sp³-hybridized carbons (Fsp3) is 0.438. The second-order valence-electron chi connectivity index (χ2n) is 5.18. The van der Waals surface area contributed by atoms with Gasteiger partial charge in [0.05, 0.1) is 11.8 Å². The number of nitrogens with zero attached hydrogens (tertiary/aromatic N) is 2. The van der Waals surface area contributed by atoms with Gasteiger partial charge in [-0.05, 0) is 38.7 Å². The van der Waals surface area contributed by atoms with Gasteiger partial charge in [-0.3, -0.25) is 4.79 Å². The Bertz CT molecular complexity index is 520. The number of hydrogen-bond donors (Lipinski definition) is 2. The summed E-state index contributed by atoms with van der Waals surface area (Å²) in [7, 11) is 0. The molecular formula is C16H24N4O2. The van der Waals surface area contributed by atoms with Crippen molar-refractivity contribution in [2.75, 3.05) is 0 Å². The lowest BCUT2D eigenvalue weighted by molar-refractivity contribution is -0.147. The predicted molar refractivity (Wildman–Crippen MR) is 88.5 cm³/mol. The molecule has 4 N–H and O–H groups in total. The fourth-order valence-electron chi connectivity index (χ4n) is 1.88. The maximum Gasteiger partial charge on any atom is 0.306 e. The monoisotopic (exact) mass is 304 g/mol. The van der Waals surface area contributed by atoms with Gasteiger partial charge in [-0.1, -0.05) is 30.3 Å². The van der Waals surface area contributed by atoms with Crippen molar-refractivity contribution in [2.45, 2.75) is 45.6 Å². The van der Waals surface area contributed by atoms with E-state index in [1.165, 1.54) is 0 Å². The third-order valence-electron chi connectivity index (χ3n) is 2.80. The molecule has 0 aliphatic carbocycles. The molecule has 6 heteroatoms. The summed E-state index contributed by atoms with van der Waals surface area (Å²) in [6, 6.07) is 9.70. The van der Waals surface area contributed by atoms with E-state index in [0.29, 0.717) is 12.8 Å². The number of nitrogens with two attached hydrogens (primary N) is 2. The smallest absolute Gasteiger partial charge is 0.306 e. The fourth-order valence-corrected chi connectivity index (χ4v) is 1.88. The Morgan fingerprint density at radius 3 is 2.32 bits per heavy atom. The number of carbonyl (C=O) groups is 1. The van der Waals surface area contributed by atoms with Gasteiger partial charge in [-0.15, -0.1) is 5.10 Å². The highest BCUT2D eigenvalue weighted by molar-refractivity contribution is 6.00. The first-order valence-electron chi connectivity index (χ1n) is 7.39. The van der Waals surface area contributed by atoms with Crippen LogP contribution in [-0.2, 0) is 9.53 Å². The predicted octanol–water partition coefficient (Wildman–Crippen LogP) is 2.18. The second kappa shape index (κ2) is 9.55. The molecule has 0 bridgehead atoms. The van der Waals surface area contributed by atoms with Crippen LogP contribution in [0.15, 0.2) is 40.5 Å². The van der Waals surface area contributed by atoms with Crippen molar-refractivity contribution in [3.63, 3.8) is 0 Å². The molecule has 0 saturated heterocycles. The van der Waals surface area contributed by atoms with Gasteiger partial charge in [0.2, 0.25) is 5.96 Å². The molecule has 0 radical (unpaired) electrons. The molecule has 0 saturated carbocycles. The standard InChI is InChI=1S/C16H24N4O2/c1-12(2)22-15(21)11-7-6-10-14(19-20-16(17)18)13-8-4-3-5-9-13/h3-5,8-9,12H,6-7,10-11H2,1-2H3,(H4,17,18,20)/b19-14-. The molecule has 120 valence electrons. The lowest BCUT2D eigenvalue weighted by Crippen LogP contribution is -2.22. The molecule has 0 atom stereocenters.